The second kappa shape index (κ2) is 5.67. The maximum absolute atomic E-state index is 4.43. The molecule has 5 heteroatoms. The Morgan fingerprint density at radius 2 is 1.84 bits per heavy atom. The van der Waals surface area contributed by atoms with Crippen LogP contribution in [0.15, 0.2) is 59.9 Å². The number of benzene rings is 1. The van der Waals surface area contributed by atoms with E-state index in [1.807, 2.05) is 36.4 Å². The van der Waals surface area contributed by atoms with Crippen LogP contribution in [-0.2, 0) is 5.75 Å². The van der Waals surface area contributed by atoms with E-state index in [0.29, 0.717) is 5.82 Å². The van der Waals surface area contributed by atoms with Crippen LogP contribution in [0.4, 0.5) is 0 Å². The SMILES string of the molecule is c1ccc(CSc2n[nH]c(-c3ccccn3)n2)cc1. The van der Waals surface area contributed by atoms with Gasteiger partial charge in [0.05, 0.1) is 0 Å². The average molecular weight is 268 g/mol. The summed E-state index contributed by atoms with van der Waals surface area (Å²) < 4.78 is 0. The van der Waals surface area contributed by atoms with Crippen LogP contribution in [0.5, 0.6) is 0 Å². The summed E-state index contributed by atoms with van der Waals surface area (Å²) in [7, 11) is 0. The van der Waals surface area contributed by atoms with Gasteiger partial charge in [-0.3, -0.25) is 10.1 Å². The van der Waals surface area contributed by atoms with Crippen LogP contribution in [0, 0.1) is 0 Å². The fraction of sp³-hybridized carbons (Fsp3) is 0.0714. The van der Waals surface area contributed by atoms with E-state index in [9.17, 15) is 0 Å². The molecule has 0 saturated carbocycles. The fourth-order valence-corrected chi connectivity index (χ4v) is 2.40. The number of nitrogens with zero attached hydrogens (tertiary/aromatic N) is 3. The van der Waals surface area contributed by atoms with E-state index >= 15 is 0 Å². The van der Waals surface area contributed by atoms with Crippen LogP contribution in [0.1, 0.15) is 5.56 Å². The van der Waals surface area contributed by atoms with Crippen molar-refractivity contribution in [3.8, 4) is 11.5 Å². The van der Waals surface area contributed by atoms with Crippen LogP contribution in [0.3, 0.4) is 0 Å². The largest absolute Gasteiger partial charge is 0.257 e. The van der Waals surface area contributed by atoms with Crippen LogP contribution in [-0.4, -0.2) is 20.2 Å². The van der Waals surface area contributed by atoms with Gasteiger partial charge in [-0.05, 0) is 17.7 Å². The number of hydrogen-bond acceptors (Lipinski definition) is 4. The van der Waals surface area contributed by atoms with Gasteiger partial charge in [0, 0.05) is 11.9 Å². The van der Waals surface area contributed by atoms with Gasteiger partial charge in [-0.15, -0.1) is 5.10 Å². The molecule has 0 fully saturated rings. The van der Waals surface area contributed by atoms with Crippen LogP contribution < -0.4 is 0 Å². The van der Waals surface area contributed by atoms with Gasteiger partial charge in [-0.1, -0.05) is 48.2 Å². The van der Waals surface area contributed by atoms with Gasteiger partial charge < -0.3 is 0 Å². The number of H-pyrrole nitrogens is 1. The highest BCUT2D eigenvalue weighted by Crippen LogP contribution is 2.21. The zero-order valence-electron chi connectivity index (χ0n) is 10.2. The molecule has 1 aromatic carbocycles. The molecule has 0 radical (unpaired) electrons. The number of aromatic amines is 1. The Kier molecular flexibility index (Phi) is 3.56. The van der Waals surface area contributed by atoms with Gasteiger partial charge in [0.25, 0.3) is 0 Å². The quantitative estimate of drug-likeness (QED) is 0.738. The monoisotopic (exact) mass is 268 g/mol. The summed E-state index contributed by atoms with van der Waals surface area (Å²) in [5.74, 6) is 1.57. The molecule has 3 rings (SSSR count). The third-order valence-corrected chi connectivity index (χ3v) is 3.50. The predicted octanol–water partition coefficient (Wildman–Crippen LogP) is 3.16. The normalized spacial score (nSPS) is 10.5. The molecule has 0 amide bonds. The van der Waals surface area contributed by atoms with E-state index in [4.69, 9.17) is 0 Å². The van der Waals surface area contributed by atoms with Crippen molar-refractivity contribution in [1.29, 1.82) is 0 Å². The van der Waals surface area contributed by atoms with E-state index in [1.54, 1.807) is 18.0 Å². The third-order valence-electron chi connectivity index (χ3n) is 2.58. The molecule has 19 heavy (non-hydrogen) atoms. The molecule has 2 heterocycles. The molecule has 4 nitrogen and oxygen atoms in total. The topological polar surface area (TPSA) is 54.5 Å². The zero-order valence-corrected chi connectivity index (χ0v) is 11.0. The molecule has 1 N–H and O–H groups in total. The minimum atomic E-state index is 0.705. The van der Waals surface area contributed by atoms with Crippen LogP contribution >= 0.6 is 11.8 Å². The number of pyridine rings is 1. The molecule has 2 aromatic heterocycles. The summed E-state index contributed by atoms with van der Waals surface area (Å²) in [6, 6.07) is 16.0. The lowest BCUT2D eigenvalue weighted by Gasteiger charge is -1.96. The second-order valence-corrected chi connectivity index (χ2v) is 4.90. The van der Waals surface area contributed by atoms with E-state index in [2.05, 4.69) is 32.3 Å². The molecule has 0 aliphatic carbocycles. The molecule has 0 aliphatic rings. The first-order valence-electron chi connectivity index (χ1n) is 5.92. The number of hydrogen-bond donors (Lipinski definition) is 1. The van der Waals surface area contributed by atoms with Crippen molar-refractivity contribution in [2.45, 2.75) is 10.9 Å². The average Bonchev–Trinajstić information content (AvgIpc) is 2.96. The Morgan fingerprint density at radius 3 is 2.63 bits per heavy atom. The number of aromatic nitrogens is 4. The van der Waals surface area contributed by atoms with Crippen molar-refractivity contribution in [3.63, 3.8) is 0 Å². The highest BCUT2D eigenvalue weighted by atomic mass is 32.2. The summed E-state index contributed by atoms with van der Waals surface area (Å²) in [6.45, 7) is 0. The Hall–Kier alpha value is -2.14. The Balaban J connectivity index is 1.69. The summed E-state index contributed by atoms with van der Waals surface area (Å²) in [5, 5.41) is 7.85. The molecule has 0 aliphatic heterocycles. The highest BCUT2D eigenvalue weighted by Gasteiger charge is 2.06. The van der Waals surface area contributed by atoms with Gasteiger partial charge in [-0.25, -0.2) is 0 Å². The number of rotatable bonds is 4. The molecular weight excluding hydrogens is 256 g/mol. The molecule has 0 bridgehead atoms. The molecule has 3 aromatic rings. The Labute approximate surface area is 115 Å². The second-order valence-electron chi connectivity index (χ2n) is 3.96. The smallest absolute Gasteiger partial charge is 0.209 e. The molecule has 94 valence electrons. The van der Waals surface area contributed by atoms with E-state index < -0.39 is 0 Å². The molecular formula is C14H12N4S. The molecule has 0 spiro atoms. The fourth-order valence-electron chi connectivity index (χ4n) is 1.65. The number of thioether (sulfide) groups is 1. The Bertz CT molecular complexity index is 637. The van der Waals surface area contributed by atoms with Gasteiger partial charge in [-0.2, -0.15) is 4.98 Å². The van der Waals surface area contributed by atoms with E-state index in [-0.39, 0.29) is 0 Å². The van der Waals surface area contributed by atoms with E-state index in [0.717, 1.165) is 16.6 Å². The lowest BCUT2D eigenvalue weighted by atomic mass is 10.2. The lowest BCUT2D eigenvalue weighted by Crippen LogP contribution is -1.84. The highest BCUT2D eigenvalue weighted by molar-refractivity contribution is 7.98. The molecule has 0 atom stereocenters. The lowest BCUT2D eigenvalue weighted by molar-refractivity contribution is 0.973. The minimum Gasteiger partial charge on any atom is -0.257 e. The predicted molar refractivity (Wildman–Crippen MR) is 75.6 cm³/mol. The number of nitrogens with one attached hydrogen (secondary N) is 1. The minimum absolute atomic E-state index is 0.705. The van der Waals surface area contributed by atoms with Crippen molar-refractivity contribution in [2.24, 2.45) is 0 Å². The molecule has 0 saturated heterocycles. The maximum Gasteiger partial charge on any atom is 0.209 e. The van der Waals surface area contributed by atoms with Crippen molar-refractivity contribution >= 4 is 11.8 Å². The van der Waals surface area contributed by atoms with Gasteiger partial charge in [0.15, 0.2) is 5.82 Å². The van der Waals surface area contributed by atoms with Gasteiger partial charge in [0.2, 0.25) is 5.16 Å². The van der Waals surface area contributed by atoms with Crippen molar-refractivity contribution < 1.29 is 0 Å². The summed E-state index contributed by atoms with van der Waals surface area (Å²) in [6.07, 6.45) is 1.74. The summed E-state index contributed by atoms with van der Waals surface area (Å²) >= 11 is 1.61. The third kappa shape index (κ3) is 3.00. The summed E-state index contributed by atoms with van der Waals surface area (Å²) in [5.41, 5.74) is 2.07. The Morgan fingerprint density at radius 1 is 1.00 bits per heavy atom. The first kappa shape index (κ1) is 11.9. The van der Waals surface area contributed by atoms with Crippen LogP contribution in [0.25, 0.3) is 11.5 Å². The van der Waals surface area contributed by atoms with Crippen molar-refractivity contribution in [2.75, 3.05) is 0 Å². The standard InChI is InChI=1S/C14H12N4S/c1-2-6-11(7-3-1)10-19-14-16-13(17-18-14)12-8-4-5-9-15-12/h1-9H,10H2,(H,16,17,18). The van der Waals surface area contributed by atoms with Gasteiger partial charge >= 0.3 is 0 Å². The first-order valence-corrected chi connectivity index (χ1v) is 6.91. The van der Waals surface area contributed by atoms with Gasteiger partial charge in [0.1, 0.15) is 5.69 Å². The maximum atomic E-state index is 4.43. The first-order chi connectivity index (χ1) is 9.42. The van der Waals surface area contributed by atoms with Crippen molar-refractivity contribution in [3.05, 3.63) is 60.3 Å². The molecule has 0 unspecified atom stereocenters. The van der Waals surface area contributed by atoms with Crippen LogP contribution in [0.2, 0.25) is 0 Å². The summed E-state index contributed by atoms with van der Waals surface area (Å²) in [4.78, 5) is 8.67. The van der Waals surface area contributed by atoms with Crippen molar-refractivity contribution in [1.82, 2.24) is 20.2 Å². The van der Waals surface area contributed by atoms with E-state index in [1.165, 1.54) is 5.56 Å². The zero-order chi connectivity index (χ0) is 12.9.